The quantitative estimate of drug-likeness (QED) is 0.224. The van der Waals surface area contributed by atoms with Gasteiger partial charge in [0, 0.05) is 5.02 Å². The highest BCUT2D eigenvalue weighted by atomic mass is 35.5. The number of nitrogens with one attached hydrogen (secondary N) is 1. The molecule has 0 saturated carbocycles. The molecule has 0 aliphatic heterocycles. The fraction of sp³-hybridized carbons (Fsp3) is 0.222. The minimum Gasteiger partial charge on any atom is -0.482 e. The molecule has 0 fully saturated rings. The number of para-hydroxylation sites is 1. The van der Waals surface area contributed by atoms with Gasteiger partial charge in [-0.05, 0) is 87.0 Å². The van der Waals surface area contributed by atoms with Gasteiger partial charge in [-0.25, -0.2) is 18.6 Å². The number of amides is 1. The van der Waals surface area contributed by atoms with Crippen LogP contribution in [0.25, 0.3) is 0 Å². The number of carbonyl (C=O) groups excluding carboxylic acids is 2. The first-order chi connectivity index (χ1) is 17.9. The molecule has 0 aliphatic carbocycles. The number of esters is 1. The van der Waals surface area contributed by atoms with Crippen LogP contribution in [0.2, 0.25) is 5.02 Å². The Morgan fingerprint density at radius 2 is 1.61 bits per heavy atom. The van der Waals surface area contributed by atoms with E-state index in [-0.39, 0.29) is 11.5 Å². The maximum Gasteiger partial charge on any atom is 0.344 e. The van der Waals surface area contributed by atoms with Crippen molar-refractivity contribution in [2.75, 3.05) is 17.5 Å². The summed E-state index contributed by atoms with van der Waals surface area (Å²) in [5.41, 5.74) is 2.72. The molecule has 9 nitrogen and oxygen atoms in total. The van der Waals surface area contributed by atoms with Crippen molar-refractivity contribution in [2.24, 2.45) is 5.10 Å². The van der Waals surface area contributed by atoms with E-state index in [0.29, 0.717) is 22.0 Å². The van der Waals surface area contributed by atoms with Crippen LogP contribution in [0, 0.1) is 0 Å². The Morgan fingerprint density at radius 1 is 0.974 bits per heavy atom. The first-order valence-electron chi connectivity index (χ1n) is 11.5. The van der Waals surface area contributed by atoms with Crippen LogP contribution in [-0.4, -0.2) is 45.3 Å². The predicted octanol–water partition coefficient (Wildman–Crippen LogP) is 4.41. The Balaban J connectivity index is 1.62. The maximum atomic E-state index is 13.3. The van der Waals surface area contributed by atoms with Gasteiger partial charge >= 0.3 is 5.97 Å². The van der Waals surface area contributed by atoms with Crippen LogP contribution in [-0.2, 0) is 24.3 Å². The number of hydrazone groups is 1. The number of benzene rings is 3. The second-order valence-corrected chi connectivity index (χ2v) is 11.3. The summed E-state index contributed by atoms with van der Waals surface area (Å²) in [6.45, 7) is 4.60. The Bertz CT molecular complexity index is 1370. The molecular weight excluding hydrogens is 530 g/mol. The third kappa shape index (κ3) is 8.60. The zero-order valence-electron chi connectivity index (χ0n) is 21.1. The van der Waals surface area contributed by atoms with E-state index in [4.69, 9.17) is 21.1 Å². The highest BCUT2D eigenvalue weighted by molar-refractivity contribution is 7.92. The Labute approximate surface area is 227 Å². The summed E-state index contributed by atoms with van der Waals surface area (Å²) < 4.78 is 38.2. The van der Waals surface area contributed by atoms with Gasteiger partial charge in [-0.15, -0.1) is 0 Å². The van der Waals surface area contributed by atoms with Crippen molar-refractivity contribution in [3.05, 3.63) is 89.4 Å². The average molecular weight is 558 g/mol. The van der Waals surface area contributed by atoms with Crippen molar-refractivity contribution >= 4 is 45.4 Å². The predicted molar refractivity (Wildman–Crippen MR) is 146 cm³/mol. The van der Waals surface area contributed by atoms with E-state index in [2.05, 4.69) is 10.5 Å². The molecule has 0 aromatic heterocycles. The van der Waals surface area contributed by atoms with E-state index in [1.165, 1.54) is 30.5 Å². The number of sulfonamides is 1. The molecule has 1 N–H and O–H groups in total. The highest BCUT2D eigenvalue weighted by Crippen LogP contribution is 2.24. The van der Waals surface area contributed by atoms with E-state index in [0.717, 1.165) is 4.31 Å². The lowest BCUT2D eigenvalue weighted by Crippen LogP contribution is -2.39. The summed E-state index contributed by atoms with van der Waals surface area (Å²) >= 11 is 5.89. The third-order valence-electron chi connectivity index (χ3n) is 4.79. The number of rotatable bonds is 10. The summed E-state index contributed by atoms with van der Waals surface area (Å²) in [6.07, 6.45) is 1.40. The SMILES string of the molecule is CC(C)(C)OC(=O)COc1ccc(/C=N\NC(=O)CN(c2ccccc2)S(=O)(=O)c2ccc(Cl)cc2)cc1. The molecule has 0 radical (unpaired) electrons. The molecule has 0 spiro atoms. The summed E-state index contributed by atoms with van der Waals surface area (Å²) in [6, 6.07) is 20.6. The van der Waals surface area contributed by atoms with Crippen LogP contribution in [0.4, 0.5) is 5.69 Å². The molecule has 200 valence electrons. The molecule has 0 unspecified atom stereocenters. The number of anilines is 1. The summed E-state index contributed by atoms with van der Waals surface area (Å²) in [7, 11) is -4.05. The van der Waals surface area contributed by atoms with Gasteiger partial charge < -0.3 is 9.47 Å². The maximum absolute atomic E-state index is 13.3. The van der Waals surface area contributed by atoms with Crippen LogP contribution in [0.5, 0.6) is 5.75 Å². The van der Waals surface area contributed by atoms with E-state index in [1.807, 2.05) is 0 Å². The van der Waals surface area contributed by atoms with Gasteiger partial charge in [0.1, 0.15) is 17.9 Å². The molecule has 3 rings (SSSR count). The van der Waals surface area contributed by atoms with Gasteiger partial charge in [0.25, 0.3) is 15.9 Å². The minimum atomic E-state index is -4.05. The molecule has 0 bridgehead atoms. The van der Waals surface area contributed by atoms with Crippen molar-refractivity contribution < 1.29 is 27.5 Å². The zero-order valence-corrected chi connectivity index (χ0v) is 22.7. The fourth-order valence-corrected chi connectivity index (χ4v) is 4.70. The third-order valence-corrected chi connectivity index (χ3v) is 6.83. The number of carbonyl (C=O) groups is 2. The van der Waals surface area contributed by atoms with Gasteiger partial charge in [0.2, 0.25) is 0 Å². The molecule has 0 aliphatic rings. The zero-order chi connectivity index (χ0) is 27.8. The normalized spacial score (nSPS) is 11.7. The van der Waals surface area contributed by atoms with Gasteiger partial charge in [-0.2, -0.15) is 5.10 Å². The van der Waals surface area contributed by atoms with Crippen molar-refractivity contribution in [2.45, 2.75) is 31.3 Å². The van der Waals surface area contributed by atoms with Crippen LogP contribution in [0.15, 0.2) is 88.9 Å². The molecule has 0 saturated heterocycles. The van der Waals surface area contributed by atoms with E-state index < -0.39 is 34.0 Å². The van der Waals surface area contributed by atoms with Crippen molar-refractivity contribution in [3.63, 3.8) is 0 Å². The number of hydrogen-bond donors (Lipinski definition) is 1. The Hall–Kier alpha value is -3.89. The number of ether oxygens (including phenoxy) is 2. The second kappa shape index (κ2) is 12.6. The van der Waals surface area contributed by atoms with Crippen LogP contribution >= 0.6 is 11.6 Å². The monoisotopic (exact) mass is 557 g/mol. The van der Waals surface area contributed by atoms with Gasteiger partial charge in [0.15, 0.2) is 6.61 Å². The fourth-order valence-electron chi connectivity index (χ4n) is 3.15. The highest BCUT2D eigenvalue weighted by Gasteiger charge is 2.27. The first kappa shape index (κ1) is 28.7. The molecule has 1 amide bonds. The lowest BCUT2D eigenvalue weighted by Gasteiger charge is -2.23. The molecule has 0 atom stereocenters. The van der Waals surface area contributed by atoms with Gasteiger partial charge in [-0.3, -0.25) is 9.10 Å². The van der Waals surface area contributed by atoms with Crippen LogP contribution in [0.3, 0.4) is 0 Å². The minimum absolute atomic E-state index is 0.00367. The molecular formula is C27H28ClN3O6S. The van der Waals surface area contributed by atoms with Crippen molar-refractivity contribution in [3.8, 4) is 5.75 Å². The smallest absolute Gasteiger partial charge is 0.344 e. The van der Waals surface area contributed by atoms with Crippen molar-refractivity contribution in [1.82, 2.24) is 5.43 Å². The first-order valence-corrected chi connectivity index (χ1v) is 13.4. The summed E-state index contributed by atoms with van der Waals surface area (Å²) in [5, 5.41) is 4.31. The standard InChI is InChI=1S/C27H28ClN3O6S/c1-27(2,3)37-26(33)19-36-23-13-9-20(10-14-23)17-29-30-25(32)18-31(22-7-5-4-6-8-22)38(34,35)24-15-11-21(28)12-16-24/h4-17H,18-19H2,1-3H3,(H,30,32)/b29-17-. The number of halogens is 1. The molecule has 3 aromatic rings. The van der Waals surface area contributed by atoms with E-state index in [1.54, 1.807) is 75.4 Å². The number of nitrogens with zero attached hydrogens (tertiary/aromatic N) is 2. The molecule has 3 aromatic carbocycles. The molecule has 11 heteroatoms. The van der Waals surface area contributed by atoms with Crippen LogP contribution in [0.1, 0.15) is 26.3 Å². The van der Waals surface area contributed by atoms with E-state index in [9.17, 15) is 18.0 Å². The lowest BCUT2D eigenvalue weighted by atomic mass is 10.2. The second-order valence-electron chi connectivity index (χ2n) is 9.04. The van der Waals surface area contributed by atoms with E-state index >= 15 is 0 Å². The Morgan fingerprint density at radius 3 is 2.21 bits per heavy atom. The topological polar surface area (TPSA) is 114 Å². The number of hydrogen-bond acceptors (Lipinski definition) is 7. The largest absolute Gasteiger partial charge is 0.482 e. The van der Waals surface area contributed by atoms with Gasteiger partial charge in [0.05, 0.1) is 16.8 Å². The van der Waals surface area contributed by atoms with Crippen LogP contribution < -0.4 is 14.5 Å². The summed E-state index contributed by atoms with van der Waals surface area (Å²) in [4.78, 5) is 24.4. The molecule has 0 heterocycles. The summed E-state index contributed by atoms with van der Waals surface area (Å²) in [5.74, 6) is -0.656. The van der Waals surface area contributed by atoms with Crippen molar-refractivity contribution in [1.29, 1.82) is 0 Å². The molecule has 38 heavy (non-hydrogen) atoms. The Kier molecular flexibility index (Phi) is 9.49. The average Bonchev–Trinajstić information content (AvgIpc) is 2.86. The lowest BCUT2D eigenvalue weighted by molar-refractivity contribution is -0.157. The van der Waals surface area contributed by atoms with Gasteiger partial charge in [-0.1, -0.05) is 29.8 Å².